The zero-order valence-corrected chi connectivity index (χ0v) is 7.05. The van der Waals surface area contributed by atoms with E-state index < -0.39 is 0 Å². The van der Waals surface area contributed by atoms with Crippen LogP contribution in [0.25, 0.3) is 6.08 Å². The number of ether oxygens (including phenoxy) is 1. The molecule has 66 valence electrons. The van der Waals surface area contributed by atoms with Crippen molar-refractivity contribution in [3.8, 4) is 12.3 Å². The number of para-hydroxylation sites is 1. The van der Waals surface area contributed by atoms with Crippen LogP contribution >= 0.6 is 0 Å². The first-order valence-corrected chi connectivity index (χ1v) is 3.81. The van der Waals surface area contributed by atoms with Gasteiger partial charge in [-0.05, 0) is 12.1 Å². The van der Waals surface area contributed by atoms with E-state index in [1.807, 2.05) is 36.4 Å². The third kappa shape index (κ3) is 2.08. The third-order valence-corrected chi connectivity index (χ3v) is 1.65. The Labute approximate surface area is 77.0 Å². The lowest BCUT2D eigenvalue weighted by molar-refractivity contribution is 0.254. The van der Waals surface area contributed by atoms with Crippen LogP contribution in [0, 0.1) is 11.8 Å². The zero-order valence-electron chi connectivity index (χ0n) is 7.05. The molecule has 1 atom stereocenters. The van der Waals surface area contributed by atoms with Crippen molar-refractivity contribution >= 4 is 6.08 Å². The molecule has 1 aliphatic heterocycles. The van der Waals surface area contributed by atoms with Gasteiger partial charge in [0.15, 0.2) is 6.23 Å². The second kappa shape index (κ2) is 4.29. The van der Waals surface area contributed by atoms with Crippen LogP contribution in [0.2, 0.25) is 0 Å². The maximum atomic E-state index is 6.50. The molecule has 0 amide bonds. The monoisotopic (exact) mass is 174 g/mol. The van der Waals surface area contributed by atoms with Crippen molar-refractivity contribution in [1.82, 2.24) is 0 Å². The van der Waals surface area contributed by atoms with Gasteiger partial charge in [-0.15, -0.1) is 0 Å². The average molecular weight is 174 g/mol. The number of nitrogens with zero attached hydrogens (tertiary/aromatic N) is 1. The molecule has 0 fully saturated rings. The highest BCUT2D eigenvalue weighted by Crippen LogP contribution is 2.23. The molecule has 1 aromatic rings. The fourth-order valence-corrected chi connectivity index (χ4v) is 1.11. The molecule has 3 heteroatoms. The van der Waals surface area contributed by atoms with Gasteiger partial charge < -0.3 is 4.74 Å². The van der Waals surface area contributed by atoms with E-state index in [0.717, 1.165) is 11.3 Å². The van der Waals surface area contributed by atoms with Crippen LogP contribution in [0.5, 0.6) is 5.75 Å². The summed E-state index contributed by atoms with van der Waals surface area (Å²) in [6, 6.07) is 7.82. The van der Waals surface area contributed by atoms with Gasteiger partial charge in [0.2, 0.25) is 0 Å². The minimum absolute atomic E-state index is 0.287. The Bertz CT molecular complexity index is 331. The van der Waals surface area contributed by atoms with E-state index in [9.17, 15) is 0 Å². The van der Waals surface area contributed by atoms with Crippen LogP contribution in [0.1, 0.15) is 5.56 Å². The maximum absolute atomic E-state index is 6.50. The van der Waals surface area contributed by atoms with Crippen LogP contribution in [0.4, 0.5) is 0 Å². The summed E-state index contributed by atoms with van der Waals surface area (Å²) in [5.74, 6) is 0.863. The number of nitrogens with two attached hydrogens (primary N) is 1. The van der Waals surface area contributed by atoms with Gasteiger partial charge in [0.1, 0.15) is 5.75 Å². The summed E-state index contributed by atoms with van der Waals surface area (Å²) in [5.41, 5.74) is 6.63. The van der Waals surface area contributed by atoms with Gasteiger partial charge in [-0.3, -0.25) is 5.73 Å². The summed E-state index contributed by atoms with van der Waals surface area (Å²) < 4.78 is 5.32. The molecular formula is C10H10N2O. The first-order chi connectivity index (χ1) is 6.36. The predicted molar refractivity (Wildman–Crippen MR) is 50.7 cm³/mol. The quantitative estimate of drug-likeness (QED) is 0.648. The van der Waals surface area contributed by atoms with Crippen molar-refractivity contribution in [2.75, 3.05) is 0 Å². The van der Waals surface area contributed by atoms with Crippen LogP contribution in [-0.2, 0) is 0 Å². The summed E-state index contributed by atoms with van der Waals surface area (Å²) in [5, 5.41) is 6.50. The molecule has 0 radical (unpaired) electrons. The molecule has 0 aliphatic carbocycles. The molecule has 1 heterocycles. The molecule has 1 aliphatic rings. The van der Waals surface area contributed by atoms with Crippen molar-refractivity contribution in [3.63, 3.8) is 0 Å². The normalized spacial score (nSPS) is 17.6. The van der Waals surface area contributed by atoms with Gasteiger partial charge in [-0.25, -0.2) is 5.26 Å². The largest absolute Gasteiger partial charge is 0.471 e. The van der Waals surface area contributed by atoms with Crippen molar-refractivity contribution in [3.05, 3.63) is 35.9 Å². The van der Waals surface area contributed by atoms with E-state index in [4.69, 9.17) is 15.7 Å². The Morgan fingerprint density at radius 3 is 2.77 bits per heavy atom. The Kier molecular flexibility index (Phi) is 3.07. The average Bonchev–Trinajstić information content (AvgIpc) is 2.21. The summed E-state index contributed by atoms with van der Waals surface area (Å²) in [7, 11) is 0. The predicted octanol–water partition coefficient (Wildman–Crippen LogP) is 1.52. The lowest BCUT2D eigenvalue weighted by atomic mass is 10.1. The molecule has 1 aromatic carbocycles. The van der Waals surface area contributed by atoms with Crippen molar-refractivity contribution < 1.29 is 4.74 Å². The number of rotatable bonds is 0. The summed E-state index contributed by atoms with van der Waals surface area (Å²) in [4.78, 5) is 0. The van der Waals surface area contributed by atoms with Crippen LogP contribution < -0.4 is 10.5 Å². The molecule has 0 saturated carbocycles. The second-order valence-corrected chi connectivity index (χ2v) is 2.48. The number of hydrogen-bond donors (Lipinski definition) is 1. The Balaban J connectivity index is 0.000000396. The highest BCUT2D eigenvalue weighted by molar-refractivity contribution is 5.59. The Hall–Kier alpha value is -1.79. The molecule has 2 N–H and O–H groups in total. The standard InChI is InChI=1S/C9H9NO.CHN/c10-9-6-5-7-3-1-2-4-8(7)11-9;1-2/h1-6,9H,10H2;1H. The lowest BCUT2D eigenvalue weighted by Gasteiger charge is -2.17. The van der Waals surface area contributed by atoms with Gasteiger partial charge in [-0.2, -0.15) is 0 Å². The Morgan fingerprint density at radius 1 is 1.31 bits per heavy atom. The first-order valence-electron chi connectivity index (χ1n) is 3.81. The van der Waals surface area contributed by atoms with Gasteiger partial charge >= 0.3 is 0 Å². The smallest absolute Gasteiger partial charge is 0.167 e. The second-order valence-electron chi connectivity index (χ2n) is 2.48. The van der Waals surface area contributed by atoms with E-state index >= 15 is 0 Å². The van der Waals surface area contributed by atoms with E-state index in [0.29, 0.717) is 0 Å². The van der Waals surface area contributed by atoms with E-state index in [-0.39, 0.29) is 6.23 Å². The van der Waals surface area contributed by atoms with Gasteiger partial charge in [0.25, 0.3) is 0 Å². The number of fused-ring (bicyclic) bond motifs is 1. The molecule has 3 nitrogen and oxygen atoms in total. The molecule has 0 spiro atoms. The topological polar surface area (TPSA) is 59.0 Å². The third-order valence-electron chi connectivity index (χ3n) is 1.65. The van der Waals surface area contributed by atoms with Crippen LogP contribution in [0.3, 0.4) is 0 Å². The molecule has 1 unspecified atom stereocenters. The molecule has 13 heavy (non-hydrogen) atoms. The molecular weight excluding hydrogens is 164 g/mol. The maximum Gasteiger partial charge on any atom is 0.167 e. The molecule has 0 aromatic heterocycles. The van der Waals surface area contributed by atoms with Gasteiger partial charge in [0.05, 0.1) is 0 Å². The first kappa shape index (κ1) is 9.30. The van der Waals surface area contributed by atoms with Crippen molar-refractivity contribution in [2.24, 2.45) is 5.73 Å². The highest BCUT2D eigenvalue weighted by atomic mass is 16.5. The lowest BCUT2D eigenvalue weighted by Crippen LogP contribution is -2.26. The SMILES string of the molecule is C#N.NC1C=Cc2ccccc2O1. The van der Waals surface area contributed by atoms with Crippen molar-refractivity contribution in [2.45, 2.75) is 6.23 Å². The van der Waals surface area contributed by atoms with E-state index in [1.165, 1.54) is 0 Å². The zero-order chi connectivity index (χ0) is 9.68. The van der Waals surface area contributed by atoms with Gasteiger partial charge in [0, 0.05) is 12.1 Å². The summed E-state index contributed by atoms with van der Waals surface area (Å²) in [6.45, 7) is 3.50. The minimum atomic E-state index is -0.287. The van der Waals surface area contributed by atoms with E-state index in [1.54, 1.807) is 0 Å². The Morgan fingerprint density at radius 2 is 2.00 bits per heavy atom. The molecule has 0 saturated heterocycles. The summed E-state index contributed by atoms with van der Waals surface area (Å²) >= 11 is 0. The van der Waals surface area contributed by atoms with Crippen LogP contribution in [0.15, 0.2) is 30.3 Å². The summed E-state index contributed by atoms with van der Waals surface area (Å²) in [6.07, 6.45) is 3.52. The number of hydrogen-bond acceptors (Lipinski definition) is 3. The minimum Gasteiger partial charge on any atom is -0.471 e. The number of nitriles is 1. The van der Waals surface area contributed by atoms with Crippen LogP contribution in [-0.4, -0.2) is 6.23 Å². The molecule has 2 rings (SSSR count). The van der Waals surface area contributed by atoms with E-state index in [2.05, 4.69) is 6.57 Å². The fourth-order valence-electron chi connectivity index (χ4n) is 1.11. The van der Waals surface area contributed by atoms with Crippen molar-refractivity contribution in [1.29, 1.82) is 5.26 Å². The number of benzene rings is 1. The molecule has 0 bridgehead atoms. The van der Waals surface area contributed by atoms with Gasteiger partial charge in [-0.1, -0.05) is 24.3 Å². The fraction of sp³-hybridized carbons (Fsp3) is 0.100. The highest BCUT2D eigenvalue weighted by Gasteiger charge is 2.08.